The summed E-state index contributed by atoms with van der Waals surface area (Å²) in [6.07, 6.45) is 2.80. The lowest BCUT2D eigenvalue weighted by Gasteiger charge is -2.10. The van der Waals surface area contributed by atoms with Crippen LogP contribution in [0.15, 0.2) is 83.8 Å². The third-order valence-corrected chi connectivity index (χ3v) is 5.95. The van der Waals surface area contributed by atoms with Gasteiger partial charge in [0.1, 0.15) is 11.5 Å². The van der Waals surface area contributed by atoms with Crippen molar-refractivity contribution in [2.45, 2.75) is 4.90 Å². The molecule has 3 aromatic carbocycles. The summed E-state index contributed by atoms with van der Waals surface area (Å²) in [6, 6.07) is 18.9. The second-order valence-electron chi connectivity index (χ2n) is 6.92. The Hall–Kier alpha value is -4.31. The number of carbonyl (C=O) groups excluding carboxylic acids is 2. The van der Waals surface area contributed by atoms with Gasteiger partial charge >= 0.3 is 0 Å². The summed E-state index contributed by atoms with van der Waals surface area (Å²) < 4.78 is 38.0. The van der Waals surface area contributed by atoms with Gasteiger partial charge in [0.25, 0.3) is 21.8 Å². The van der Waals surface area contributed by atoms with Crippen LogP contribution in [0.3, 0.4) is 0 Å². The number of methoxy groups -OCH3 is 2. The molecule has 0 spiro atoms. The molecule has 34 heavy (non-hydrogen) atoms. The highest BCUT2D eigenvalue weighted by Crippen LogP contribution is 2.20. The van der Waals surface area contributed by atoms with Crippen molar-refractivity contribution in [2.24, 2.45) is 0 Å². The van der Waals surface area contributed by atoms with Crippen molar-refractivity contribution in [2.75, 3.05) is 18.9 Å². The summed E-state index contributed by atoms with van der Waals surface area (Å²) in [5, 5.41) is 0. The molecule has 0 aliphatic carbocycles. The van der Waals surface area contributed by atoms with Crippen molar-refractivity contribution in [3.8, 4) is 11.5 Å². The number of amides is 2. The van der Waals surface area contributed by atoms with Crippen LogP contribution in [-0.2, 0) is 14.8 Å². The molecule has 9 nitrogen and oxygen atoms in total. The number of ether oxygens (including phenoxy) is 2. The Morgan fingerprint density at radius 3 is 2.24 bits per heavy atom. The first kappa shape index (κ1) is 24.3. The molecule has 0 unspecified atom stereocenters. The van der Waals surface area contributed by atoms with Gasteiger partial charge in [0.15, 0.2) is 0 Å². The van der Waals surface area contributed by atoms with E-state index in [1.807, 2.05) is 0 Å². The number of benzene rings is 3. The van der Waals surface area contributed by atoms with Crippen LogP contribution in [0.25, 0.3) is 6.08 Å². The molecule has 0 atom stereocenters. The number of carbonyl (C=O) groups is 2. The van der Waals surface area contributed by atoms with Crippen molar-refractivity contribution in [1.29, 1.82) is 0 Å². The molecule has 0 fully saturated rings. The fourth-order valence-electron chi connectivity index (χ4n) is 2.83. The van der Waals surface area contributed by atoms with Crippen molar-refractivity contribution in [3.63, 3.8) is 0 Å². The third kappa shape index (κ3) is 6.59. The number of hydrogen-bond donors (Lipinski definition) is 3. The monoisotopic (exact) mass is 481 g/mol. The Balaban J connectivity index is 1.62. The van der Waals surface area contributed by atoms with E-state index >= 15 is 0 Å². The average molecular weight is 482 g/mol. The zero-order chi connectivity index (χ0) is 24.6. The lowest BCUT2D eigenvalue weighted by Crippen LogP contribution is -2.40. The van der Waals surface area contributed by atoms with Gasteiger partial charge in [0.05, 0.1) is 19.1 Å². The topological polar surface area (TPSA) is 123 Å². The Kier molecular flexibility index (Phi) is 7.88. The molecule has 10 heteroatoms. The van der Waals surface area contributed by atoms with Gasteiger partial charge in [-0.1, -0.05) is 18.2 Å². The molecule has 2 amide bonds. The molecular weight excluding hydrogens is 458 g/mol. The first-order valence-electron chi connectivity index (χ1n) is 10.00. The maximum Gasteiger partial charge on any atom is 0.269 e. The maximum absolute atomic E-state index is 12.7. The molecule has 0 radical (unpaired) electrons. The normalized spacial score (nSPS) is 11.0. The fraction of sp³-hybridized carbons (Fsp3) is 0.0833. The van der Waals surface area contributed by atoms with Gasteiger partial charge in [-0.05, 0) is 66.2 Å². The fourth-order valence-corrected chi connectivity index (χ4v) is 3.93. The van der Waals surface area contributed by atoms with E-state index in [0.29, 0.717) is 17.2 Å². The molecule has 0 saturated heterocycles. The van der Waals surface area contributed by atoms with Gasteiger partial charge in [-0.25, -0.2) is 8.42 Å². The number of hydrogen-bond acceptors (Lipinski definition) is 6. The van der Waals surface area contributed by atoms with Crippen LogP contribution in [0.1, 0.15) is 15.9 Å². The van der Waals surface area contributed by atoms with E-state index in [9.17, 15) is 18.0 Å². The van der Waals surface area contributed by atoms with E-state index in [2.05, 4.69) is 15.6 Å². The smallest absolute Gasteiger partial charge is 0.269 e. The number of rotatable bonds is 8. The largest absolute Gasteiger partial charge is 0.497 e. The quantitative estimate of drug-likeness (QED) is 0.336. The lowest BCUT2D eigenvalue weighted by atomic mass is 10.2. The van der Waals surface area contributed by atoms with Gasteiger partial charge in [0, 0.05) is 17.3 Å². The Bertz CT molecular complexity index is 1300. The highest BCUT2D eigenvalue weighted by Gasteiger charge is 2.17. The minimum atomic E-state index is -3.94. The van der Waals surface area contributed by atoms with Crippen LogP contribution in [-0.4, -0.2) is 34.5 Å². The van der Waals surface area contributed by atoms with Crippen LogP contribution in [0, 0.1) is 0 Å². The summed E-state index contributed by atoms with van der Waals surface area (Å²) in [5.74, 6) is -0.0140. The van der Waals surface area contributed by atoms with Crippen LogP contribution in [0.4, 0.5) is 5.69 Å². The molecule has 0 aliphatic heterocycles. The van der Waals surface area contributed by atoms with Crippen molar-refractivity contribution >= 4 is 33.6 Å². The zero-order valence-electron chi connectivity index (χ0n) is 18.4. The minimum Gasteiger partial charge on any atom is -0.497 e. The van der Waals surface area contributed by atoms with E-state index in [4.69, 9.17) is 9.47 Å². The van der Waals surface area contributed by atoms with Gasteiger partial charge in [-0.3, -0.25) is 25.2 Å². The van der Waals surface area contributed by atoms with Crippen LogP contribution in [0.2, 0.25) is 0 Å². The van der Waals surface area contributed by atoms with E-state index in [1.54, 1.807) is 61.7 Å². The molecular formula is C24H23N3O6S. The zero-order valence-corrected chi connectivity index (χ0v) is 19.3. The Morgan fingerprint density at radius 1 is 0.824 bits per heavy atom. The summed E-state index contributed by atoms with van der Waals surface area (Å²) in [6.45, 7) is 0. The van der Waals surface area contributed by atoms with Gasteiger partial charge < -0.3 is 9.47 Å². The van der Waals surface area contributed by atoms with Crippen molar-refractivity contribution in [1.82, 2.24) is 10.9 Å². The molecule has 3 N–H and O–H groups in total. The van der Waals surface area contributed by atoms with E-state index < -0.39 is 21.8 Å². The van der Waals surface area contributed by atoms with Crippen LogP contribution < -0.4 is 25.0 Å². The summed E-state index contributed by atoms with van der Waals surface area (Å²) in [7, 11) is -0.894. The molecule has 3 rings (SSSR count). The van der Waals surface area contributed by atoms with Gasteiger partial charge in [0.2, 0.25) is 0 Å². The van der Waals surface area contributed by atoms with Crippen LogP contribution >= 0.6 is 0 Å². The minimum absolute atomic E-state index is 0.0506. The summed E-state index contributed by atoms with van der Waals surface area (Å²) in [5.41, 5.74) is 5.64. The van der Waals surface area contributed by atoms with E-state index in [-0.39, 0.29) is 10.5 Å². The summed E-state index contributed by atoms with van der Waals surface area (Å²) in [4.78, 5) is 24.3. The second-order valence-corrected chi connectivity index (χ2v) is 8.60. The van der Waals surface area contributed by atoms with Crippen LogP contribution in [0.5, 0.6) is 11.5 Å². The Morgan fingerprint density at radius 2 is 1.53 bits per heavy atom. The number of anilines is 1. The number of sulfonamides is 1. The molecule has 176 valence electrons. The average Bonchev–Trinajstić information content (AvgIpc) is 2.86. The van der Waals surface area contributed by atoms with Gasteiger partial charge in [-0.15, -0.1) is 0 Å². The molecule has 0 heterocycles. The molecule has 0 saturated carbocycles. The predicted octanol–water partition coefficient (Wildman–Crippen LogP) is 2.98. The second kappa shape index (κ2) is 11.0. The predicted molar refractivity (Wildman–Crippen MR) is 128 cm³/mol. The highest BCUT2D eigenvalue weighted by atomic mass is 32.2. The lowest BCUT2D eigenvalue weighted by molar-refractivity contribution is -0.117. The number of nitrogens with one attached hydrogen (secondary N) is 3. The standard InChI is InChI=1S/C24H23N3O6S/c1-32-20-12-10-19(11-13-20)27-34(30,31)22-8-4-6-18(16-22)24(29)26-25-23(28)14-9-17-5-3-7-21(15-17)33-2/h3-16,27H,1-2H3,(H,25,28)(H,26,29)/b14-9+. The third-order valence-electron chi connectivity index (χ3n) is 4.57. The van der Waals surface area contributed by atoms with E-state index in [1.165, 1.54) is 37.5 Å². The highest BCUT2D eigenvalue weighted by molar-refractivity contribution is 7.92. The Labute approximate surface area is 197 Å². The first-order valence-corrected chi connectivity index (χ1v) is 11.5. The molecule has 3 aromatic rings. The van der Waals surface area contributed by atoms with Gasteiger partial charge in [-0.2, -0.15) is 0 Å². The molecule has 0 aliphatic rings. The van der Waals surface area contributed by atoms with Crippen molar-refractivity contribution < 1.29 is 27.5 Å². The summed E-state index contributed by atoms with van der Waals surface area (Å²) >= 11 is 0. The SMILES string of the molecule is COc1ccc(NS(=O)(=O)c2cccc(C(=O)NNC(=O)/C=C/c3cccc(OC)c3)c2)cc1. The molecule has 0 aromatic heterocycles. The number of hydrazine groups is 1. The van der Waals surface area contributed by atoms with E-state index in [0.717, 1.165) is 5.56 Å². The maximum atomic E-state index is 12.7. The van der Waals surface area contributed by atoms with Crippen molar-refractivity contribution in [3.05, 3.63) is 90.0 Å². The molecule has 0 bridgehead atoms. The first-order chi connectivity index (χ1) is 16.3.